The lowest BCUT2D eigenvalue weighted by atomic mass is 10.1. The summed E-state index contributed by atoms with van der Waals surface area (Å²) in [6, 6.07) is 8.91. The van der Waals surface area contributed by atoms with E-state index in [4.69, 9.17) is 14.2 Å². The second-order valence-corrected chi connectivity index (χ2v) is 5.20. The van der Waals surface area contributed by atoms with E-state index < -0.39 is 5.79 Å². The first kappa shape index (κ1) is 14.8. The van der Waals surface area contributed by atoms with Crippen LogP contribution in [-0.2, 0) is 14.2 Å². The Morgan fingerprint density at radius 1 is 1.50 bits per heavy atom. The maximum atomic E-state index is 12.1. The van der Waals surface area contributed by atoms with Crippen molar-refractivity contribution in [1.82, 2.24) is 0 Å². The molecule has 0 N–H and O–H groups in total. The number of hydrogen-bond acceptors (Lipinski definition) is 4. The average Bonchev–Trinajstić information content (AvgIpc) is 2.79. The molecule has 0 saturated carbocycles. The summed E-state index contributed by atoms with van der Waals surface area (Å²) in [7, 11) is 0. The van der Waals surface area contributed by atoms with Crippen molar-refractivity contribution >= 4 is 5.97 Å². The summed E-state index contributed by atoms with van der Waals surface area (Å²) in [5, 5.41) is 0. The Morgan fingerprint density at radius 3 is 2.75 bits per heavy atom. The van der Waals surface area contributed by atoms with E-state index in [1.807, 2.05) is 19.9 Å². The van der Waals surface area contributed by atoms with Crippen LogP contribution >= 0.6 is 0 Å². The zero-order chi connectivity index (χ0) is 14.6. The molecule has 2 atom stereocenters. The predicted octanol–water partition coefficient (Wildman–Crippen LogP) is 2.94. The molecule has 0 aliphatic carbocycles. The van der Waals surface area contributed by atoms with Gasteiger partial charge in [0.15, 0.2) is 5.79 Å². The van der Waals surface area contributed by atoms with Gasteiger partial charge in [0.25, 0.3) is 0 Å². The van der Waals surface area contributed by atoms with E-state index in [1.54, 1.807) is 30.3 Å². The van der Waals surface area contributed by atoms with Gasteiger partial charge >= 0.3 is 5.97 Å². The third-order valence-corrected chi connectivity index (χ3v) is 3.11. The summed E-state index contributed by atoms with van der Waals surface area (Å²) >= 11 is 0. The first-order chi connectivity index (χ1) is 9.52. The highest BCUT2D eigenvalue weighted by molar-refractivity contribution is 5.89. The summed E-state index contributed by atoms with van der Waals surface area (Å²) in [4.78, 5) is 12.1. The van der Waals surface area contributed by atoms with Gasteiger partial charge in [0, 0.05) is 6.42 Å². The van der Waals surface area contributed by atoms with Crippen LogP contribution < -0.4 is 0 Å². The number of ether oxygens (including phenoxy) is 3. The second kappa shape index (κ2) is 6.20. The van der Waals surface area contributed by atoms with Crippen LogP contribution in [0.15, 0.2) is 43.0 Å². The quantitative estimate of drug-likeness (QED) is 0.612. The molecule has 20 heavy (non-hydrogen) atoms. The van der Waals surface area contributed by atoms with Crippen LogP contribution in [0, 0.1) is 0 Å². The van der Waals surface area contributed by atoms with Gasteiger partial charge in [-0.1, -0.05) is 24.3 Å². The van der Waals surface area contributed by atoms with E-state index in [9.17, 15) is 4.79 Å². The van der Waals surface area contributed by atoms with Crippen molar-refractivity contribution in [2.24, 2.45) is 0 Å². The summed E-state index contributed by atoms with van der Waals surface area (Å²) < 4.78 is 16.8. The molecule has 0 bridgehead atoms. The predicted molar refractivity (Wildman–Crippen MR) is 75.4 cm³/mol. The smallest absolute Gasteiger partial charge is 0.338 e. The Bertz CT molecular complexity index is 467. The van der Waals surface area contributed by atoms with Gasteiger partial charge in [0.1, 0.15) is 12.2 Å². The standard InChI is InChI=1S/C16H20O4/c1-4-8-13(14-11-18-16(2,3)20-14)19-15(17)12-9-6-5-7-10-12/h4-7,9-10,13-14H,1,8,11H2,2-3H3/t13-,14-/m0/s1. The summed E-state index contributed by atoms with van der Waals surface area (Å²) in [6.07, 6.45) is 1.60. The molecule has 1 aliphatic rings. The molecule has 1 aliphatic heterocycles. The van der Waals surface area contributed by atoms with Crippen molar-refractivity contribution < 1.29 is 19.0 Å². The van der Waals surface area contributed by atoms with Crippen LogP contribution in [0.3, 0.4) is 0 Å². The zero-order valence-corrected chi connectivity index (χ0v) is 11.9. The van der Waals surface area contributed by atoms with Crippen LogP contribution in [-0.4, -0.2) is 30.6 Å². The van der Waals surface area contributed by atoms with Crippen LogP contribution in [0.5, 0.6) is 0 Å². The second-order valence-electron chi connectivity index (χ2n) is 5.20. The van der Waals surface area contributed by atoms with Crippen molar-refractivity contribution in [3.05, 3.63) is 48.6 Å². The molecular formula is C16H20O4. The summed E-state index contributed by atoms with van der Waals surface area (Å²) in [5.74, 6) is -0.991. The molecule has 1 fully saturated rings. The lowest BCUT2D eigenvalue weighted by Crippen LogP contribution is -2.34. The highest BCUT2D eigenvalue weighted by Gasteiger charge is 2.38. The molecule has 0 spiro atoms. The van der Waals surface area contributed by atoms with Crippen molar-refractivity contribution in [1.29, 1.82) is 0 Å². The Morgan fingerprint density at radius 2 is 2.20 bits per heavy atom. The molecular weight excluding hydrogens is 256 g/mol. The lowest BCUT2D eigenvalue weighted by molar-refractivity contribution is -0.151. The molecule has 0 radical (unpaired) electrons. The summed E-state index contributed by atoms with van der Waals surface area (Å²) in [6.45, 7) is 7.80. The van der Waals surface area contributed by atoms with Crippen molar-refractivity contribution in [2.45, 2.75) is 38.3 Å². The molecule has 4 nitrogen and oxygen atoms in total. The molecule has 0 unspecified atom stereocenters. The fraction of sp³-hybridized carbons (Fsp3) is 0.438. The van der Waals surface area contributed by atoms with Crippen molar-refractivity contribution in [3.63, 3.8) is 0 Å². The van der Waals surface area contributed by atoms with Crippen LogP contribution in [0.25, 0.3) is 0 Å². The van der Waals surface area contributed by atoms with E-state index in [2.05, 4.69) is 6.58 Å². The Hall–Kier alpha value is -1.65. The Kier molecular flexibility index (Phi) is 4.57. The molecule has 2 rings (SSSR count). The van der Waals surface area contributed by atoms with Crippen LogP contribution in [0.4, 0.5) is 0 Å². The monoisotopic (exact) mass is 276 g/mol. The molecule has 0 aromatic heterocycles. The normalized spacial score (nSPS) is 22.2. The van der Waals surface area contributed by atoms with E-state index in [1.165, 1.54) is 0 Å². The number of benzene rings is 1. The fourth-order valence-electron chi connectivity index (χ4n) is 2.12. The number of carbonyl (C=O) groups excluding carboxylic acids is 1. The van der Waals surface area contributed by atoms with Gasteiger partial charge in [-0.3, -0.25) is 0 Å². The van der Waals surface area contributed by atoms with Gasteiger partial charge in [-0.05, 0) is 26.0 Å². The number of hydrogen-bond donors (Lipinski definition) is 0. The fourth-order valence-corrected chi connectivity index (χ4v) is 2.12. The number of carbonyl (C=O) groups is 1. The Balaban J connectivity index is 2.03. The van der Waals surface area contributed by atoms with Gasteiger partial charge in [0.2, 0.25) is 0 Å². The number of esters is 1. The molecule has 108 valence electrons. The average molecular weight is 276 g/mol. The van der Waals surface area contributed by atoms with E-state index in [0.717, 1.165) is 0 Å². The SMILES string of the molecule is C=CC[C@H](OC(=O)c1ccccc1)[C@@H]1COC(C)(C)O1. The van der Waals surface area contributed by atoms with Gasteiger partial charge < -0.3 is 14.2 Å². The van der Waals surface area contributed by atoms with Crippen molar-refractivity contribution in [2.75, 3.05) is 6.61 Å². The topological polar surface area (TPSA) is 44.8 Å². The lowest BCUT2D eigenvalue weighted by Gasteiger charge is -2.23. The van der Waals surface area contributed by atoms with Crippen LogP contribution in [0.1, 0.15) is 30.6 Å². The molecule has 1 aromatic rings. The van der Waals surface area contributed by atoms with Crippen molar-refractivity contribution in [3.8, 4) is 0 Å². The minimum absolute atomic E-state index is 0.268. The van der Waals surface area contributed by atoms with E-state index in [0.29, 0.717) is 18.6 Å². The first-order valence-electron chi connectivity index (χ1n) is 6.70. The first-order valence-corrected chi connectivity index (χ1v) is 6.70. The Labute approximate surface area is 119 Å². The van der Waals surface area contributed by atoms with E-state index >= 15 is 0 Å². The largest absolute Gasteiger partial charge is 0.456 e. The van der Waals surface area contributed by atoms with E-state index in [-0.39, 0.29) is 18.2 Å². The molecule has 1 heterocycles. The minimum atomic E-state index is -0.636. The zero-order valence-electron chi connectivity index (χ0n) is 11.9. The highest BCUT2D eigenvalue weighted by atomic mass is 16.7. The maximum absolute atomic E-state index is 12.1. The minimum Gasteiger partial charge on any atom is -0.456 e. The van der Waals surface area contributed by atoms with Gasteiger partial charge in [-0.15, -0.1) is 6.58 Å². The third-order valence-electron chi connectivity index (χ3n) is 3.11. The molecule has 1 aromatic carbocycles. The van der Waals surface area contributed by atoms with Gasteiger partial charge in [0.05, 0.1) is 12.2 Å². The maximum Gasteiger partial charge on any atom is 0.338 e. The molecule has 1 saturated heterocycles. The summed E-state index contributed by atoms with van der Waals surface area (Å²) in [5.41, 5.74) is 0.528. The van der Waals surface area contributed by atoms with Gasteiger partial charge in [-0.2, -0.15) is 0 Å². The highest BCUT2D eigenvalue weighted by Crippen LogP contribution is 2.27. The van der Waals surface area contributed by atoms with Gasteiger partial charge in [-0.25, -0.2) is 4.79 Å². The third kappa shape index (κ3) is 3.68. The van der Waals surface area contributed by atoms with Crippen LogP contribution in [0.2, 0.25) is 0 Å². The molecule has 4 heteroatoms. The molecule has 0 amide bonds. The number of rotatable bonds is 5.